The number of halogens is 3. The summed E-state index contributed by atoms with van der Waals surface area (Å²) in [7, 11) is -3.39. The molecular weight excluding hydrogens is 379 g/mol. The Labute approximate surface area is 156 Å². The molecule has 150 valence electrons. The minimum absolute atomic E-state index is 0.107. The molecule has 3 rings (SSSR count). The Hall–Kier alpha value is -1.61. The van der Waals surface area contributed by atoms with Crippen molar-refractivity contribution in [3.8, 4) is 0 Å². The molecule has 0 saturated heterocycles. The van der Waals surface area contributed by atoms with Crippen molar-refractivity contribution in [1.82, 2.24) is 14.7 Å². The summed E-state index contributed by atoms with van der Waals surface area (Å²) in [6.45, 7) is 4.98. The van der Waals surface area contributed by atoms with Crippen LogP contribution in [0.15, 0.2) is 18.3 Å². The Bertz CT molecular complexity index is 921. The number of nitrogens with zero attached hydrogens (tertiary/aromatic N) is 1. The Morgan fingerprint density at radius 1 is 1.11 bits per heavy atom. The van der Waals surface area contributed by atoms with Gasteiger partial charge in [-0.2, -0.15) is 13.2 Å². The number of H-pyrrole nitrogens is 1. The highest BCUT2D eigenvalue weighted by molar-refractivity contribution is 7.90. The zero-order chi connectivity index (χ0) is 20.0. The van der Waals surface area contributed by atoms with Crippen LogP contribution in [-0.4, -0.2) is 29.2 Å². The molecule has 2 N–H and O–H groups in total. The first-order chi connectivity index (χ1) is 12.4. The molecule has 1 aliphatic carbocycles. The second-order valence-corrected chi connectivity index (χ2v) is 10.6. The van der Waals surface area contributed by atoms with Gasteiger partial charge in [-0.3, -0.25) is 0 Å². The number of fused-ring (bicyclic) bond motifs is 1. The van der Waals surface area contributed by atoms with E-state index in [0.717, 1.165) is 30.8 Å². The normalized spacial score (nSPS) is 22.3. The van der Waals surface area contributed by atoms with Crippen molar-refractivity contribution in [2.45, 2.75) is 69.3 Å². The monoisotopic (exact) mass is 403 g/mol. The Morgan fingerprint density at radius 2 is 1.74 bits per heavy atom. The predicted molar refractivity (Wildman–Crippen MR) is 97.9 cm³/mol. The summed E-state index contributed by atoms with van der Waals surface area (Å²) in [5.74, 6) is 0.156. The molecule has 9 heteroatoms. The number of aromatic nitrogens is 2. The summed E-state index contributed by atoms with van der Waals surface area (Å²) in [4.78, 5) is 7.00. The fraction of sp³-hybridized carbons (Fsp3) is 0.611. The van der Waals surface area contributed by atoms with Crippen LogP contribution in [0, 0.1) is 0 Å². The molecule has 0 aromatic carbocycles. The molecule has 0 spiro atoms. The van der Waals surface area contributed by atoms with Crippen LogP contribution in [-0.2, 0) is 16.2 Å². The third-order valence-electron chi connectivity index (χ3n) is 5.11. The van der Waals surface area contributed by atoms with Crippen LogP contribution in [0.4, 0.5) is 13.2 Å². The maximum absolute atomic E-state index is 12.8. The van der Waals surface area contributed by atoms with Gasteiger partial charge in [0.05, 0.1) is 10.3 Å². The summed E-state index contributed by atoms with van der Waals surface area (Å²) in [6.07, 6.45) is -0.679. The van der Waals surface area contributed by atoms with Gasteiger partial charge in [-0.25, -0.2) is 18.1 Å². The van der Waals surface area contributed by atoms with E-state index in [4.69, 9.17) is 0 Å². The van der Waals surface area contributed by atoms with E-state index in [9.17, 15) is 21.6 Å². The molecule has 2 heterocycles. The lowest BCUT2D eigenvalue weighted by atomic mass is 9.84. The molecule has 5 nitrogen and oxygen atoms in total. The molecule has 0 unspecified atom stereocenters. The average Bonchev–Trinajstić information content (AvgIpc) is 2.96. The summed E-state index contributed by atoms with van der Waals surface area (Å²) < 4.78 is 65.0. The number of hydrogen-bond donors (Lipinski definition) is 2. The van der Waals surface area contributed by atoms with Crippen LogP contribution in [0.25, 0.3) is 11.0 Å². The van der Waals surface area contributed by atoms with E-state index in [-0.39, 0.29) is 12.0 Å². The number of sulfonamides is 1. The van der Waals surface area contributed by atoms with E-state index in [1.807, 2.05) is 0 Å². The number of nitrogens with one attached hydrogen (secondary N) is 2. The summed E-state index contributed by atoms with van der Waals surface area (Å²) in [5.41, 5.74) is 0.531. The van der Waals surface area contributed by atoms with Crippen molar-refractivity contribution >= 4 is 21.1 Å². The van der Waals surface area contributed by atoms with Crippen molar-refractivity contribution in [2.75, 3.05) is 0 Å². The molecule has 1 aliphatic rings. The maximum Gasteiger partial charge on any atom is 0.417 e. The van der Waals surface area contributed by atoms with Gasteiger partial charge in [0, 0.05) is 23.3 Å². The highest BCUT2D eigenvalue weighted by atomic mass is 32.2. The zero-order valence-electron chi connectivity index (χ0n) is 15.5. The highest BCUT2D eigenvalue weighted by Gasteiger charge is 2.34. The van der Waals surface area contributed by atoms with Crippen LogP contribution < -0.4 is 4.72 Å². The molecule has 0 amide bonds. The number of rotatable bonds is 3. The first-order valence-electron chi connectivity index (χ1n) is 8.94. The second-order valence-electron chi connectivity index (χ2n) is 8.17. The van der Waals surface area contributed by atoms with Gasteiger partial charge in [-0.15, -0.1) is 0 Å². The maximum atomic E-state index is 12.8. The van der Waals surface area contributed by atoms with Gasteiger partial charge in [-0.05, 0) is 64.5 Å². The van der Waals surface area contributed by atoms with Gasteiger partial charge >= 0.3 is 6.18 Å². The van der Waals surface area contributed by atoms with E-state index in [2.05, 4.69) is 14.7 Å². The van der Waals surface area contributed by atoms with Gasteiger partial charge in [0.2, 0.25) is 10.0 Å². The van der Waals surface area contributed by atoms with Gasteiger partial charge in [0.25, 0.3) is 0 Å². The summed E-state index contributed by atoms with van der Waals surface area (Å²) in [6, 6.07) is 2.72. The van der Waals surface area contributed by atoms with Crippen LogP contribution in [0.2, 0.25) is 0 Å². The van der Waals surface area contributed by atoms with Crippen molar-refractivity contribution in [2.24, 2.45) is 0 Å². The quantitative estimate of drug-likeness (QED) is 0.801. The van der Waals surface area contributed by atoms with Gasteiger partial charge in [0.1, 0.15) is 5.65 Å². The third-order valence-corrected chi connectivity index (χ3v) is 7.37. The fourth-order valence-electron chi connectivity index (χ4n) is 3.33. The minimum Gasteiger partial charge on any atom is -0.343 e. The van der Waals surface area contributed by atoms with Gasteiger partial charge in [0.15, 0.2) is 0 Å². The second kappa shape index (κ2) is 6.77. The fourth-order valence-corrected chi connectivity index (χ4v) is 4.36. The number of pyridine rings is 1. The molecule has 2 aromatic rings. The minimum atomic E-state index is -4.42. The summed E-state index contributed by atoms with van der Waals surface area (Å²) >= 11 is 0. The van der Waals surface area contributed by atoms with E-state index in [1.54, 1.807) is 26.8 Å². The van der Waals surface area contributed by atoms with Crippen LogP contribution in [0.3, 0.4) is 0 Å². The van der Waals surface area contributed by atoms with Crippen LogP contribution in [0.5, 0.6) is 0 Å². The average molecular weight is 403 g/mol. The Kier molecular flexibility index (Phi) is 5.05. The first kappa shape index (κ1) is 20.1. The lowest BCUT2D eigenvalue weighted by molar-refractivity contribution is -0.137. The lowest BCUT2D eigenvalue weighted by Gasteiger charge is -2.31. The van der Waals surface area contributed by atoms with E-state index in [0.29, 0.717) is 23.9 Å². The zero-order valence-corrected chi connectivity index (χ0v) is 16.3. The molecule has 27 heavy (non-hydrogen) atoms. The molecule has 0 bridgehead atoms. The van der Waals surface area contributed by atoms with Crippen LogP contribution in [0.1, 0.15) is 63.6 Å². The lowest BCUT2D eigenvalue weighted by Crippen LogP contribution is -2.45. The topological polar surface area (TPSA) is 74.8 Å². The van der Waals surface area contributed by atoms with Crippen molar-refractivity contribution in [3.63, 3.8) is 0 Å². The van der Waals surface area contributed by atoms with E-state index in [1.165, 1.54) is 0 Å². The molecule has 0 aliphatic heterocycles. The predicted octanol–water partition coefficient (Wildman–Crippen LogP) is 4.33. The van der Waals surface area contributed by atoms with Crippen LogP contribution >= 0.6 is 0 Å². The molecular formula is C18H24F3N3O2S. The highest BCUT2D eigenvalue weighted by Crippen LogP contribution is 2.36. The van der Waals surface area contributed by atoms with E-state index >= 15 is 0 Å². The number of alkyl halides is 3. The molecule has 2 aromatic heterocycles. The summed E-state index contributed by atoms with van der Waals surface area (Å²) in [5, 5.41) is 0.440. The van der Waals surface area contributed by atoms with Crippen molar-refractivity contribution in [1.29, 1.82) is 0 Å². The van der Waals surface area contributed by atoms with Crippen molar-refractivity contribution in [3.05, 3.63) is 29.6 Å². The molecule has 0 atom stereocenters. The largest absolute Gasteiger partial charge is 0.417 e. The smallest absolute Gasteiger partial charge is 0.343 e. The SMILES string of the molecule is CC(C)(C)S(=O)(=O)N[C@H]1CC[C@H](c2cc3cc(C(F)(F)F)cnc3[nH]2)CC1. The van der Waals surface area contributed by atoms with E-state index < -0.39 is 26.5 Å². The Balaban J connectivity index is 1.69. The third kappa shape index (κ3) is 4.29. The number of aromatic amines is 1. The van der Waals surface area contributed by atoms with Crippen molar-refractivity contribution < 1.29 is 21.6 Å². The molecule has 1 saturated carbocycles. The standard InChI is InChI=1S/C18H24F3N3O2S/c1-17(2,3)27(25,26)24-14-6-4-11(5-7-14)15-9-12-8-13(18(19,20)21)10-22-16(12)23-15/h8-11,14,24H,4-7H2,1-3H3,(H,22,23)/t11-,14-. The molecule has 1 fully saturated rings. The number of hydrogen-bond acceptors (Lipinski definition) is 3. The van der Waals surface area contributed by atoms with Gasteiger partial charge in [-0.1, -0.05) is 0 Å². The molecule has 0 radical (unpaired) electrons. The Morgan fingerprint density at radius 3 is 2.30 bits per heavy atom. The van der Waals surface area contributed by atoms with Gasteiger partial charge < -0.3 is 4.98 Å². The first-order valence-corrected chi connectivity index (χ1v) is 10.4.